The molecule has 1 N–H and O–H groups in total. The Balaban J connectivity index is 2.46. The first-order valence-electron chi connectivity index (χ1n) is 6.11. The second kappa shape index (κ2) is 6.53. The quantitative estimate of drug-likeness (QED) is 0.870. The van der Waals surface area contributed by atoms with Crippen molar-refractivity contribution in [1.82, 2.24) is 25.5 Å². The molecular weight excluding hydrogens is 282 g/mol. The lowest BCUT2D eigenvalue weighted by Gasteiger charge is -2.12. The Morgan fingerprint density at radius 3 is 2.65 bits per heavy atom. The van der Waals surface area contributed by atoms with Crippen LogP contribution in [0.5, 0.6) is 11.5 Å². The first kappa shape index (κ1) is 14.5. The minimum Gasteiger partial charge on any atom is -0.495 e. The average molecular weight is 298 g/mol. The number of nitrogens with zero attached hydrogens (tertiary/aromatic N) is 4. The van der Waals surface area contributed by atoms with Gasteiger partial charge in [-0.25, -0.2) is 0 Å². The Hall–Kier alpha value is -1.86. The van der Waals surface area contributed by atoms with Crippen molar-refractivity contribution < 1.29 is 9.47 Å². The Morgan fingerprint density at radius 2 is 2.00 bits per heavy atom. The highest BCUT2D eigenvalue weighted by atomic mass is 35.5. The minimum atomic E-state index is 0.466. The molecule has 0 radical (unpaired) electrons. The average Bonchev–Trinajstić information content (AvgIpc) is 2.92. The lowest BCUT2D eigenvalue weighted by atomic mass is 10.2. The lowest BCUT2D eigenvalue weighted by Crippen LogP contribution is -2.16. The molecule has 2 aromatic rings. The predicted molar refractivity (Wildman–Crippen MR) is 74.6 cm³/mol. The van der Waals surface area contributed by atoms with Gasteiger partial charge in [-0.05, 0) is 23.0 Å². The highest BCUT2D eigenvalue weighted by Crippen LogP contribution is 2.34. The fraction of sp³-hybridized carbons (Fsp3) is 0.417. The Labute approximate surface area is 121 Å². The molecule has 0 saturated heterocycles. The molecular formula is C12H16ClN5O2. The predicted octanol–water partition coefficient (Wildman–Crippen LogP) is 1.44. The number of halogens is 1. The second-order valence-electron chi connectivity index (χ2n) is 3.95. The van der Waals surface area contributed by atoms with E-state index in [2.05, 4.69) is 20.8 Å². The van der Waals surface area contributed by atoms with Crippen molar-refractivity contribution >= 4 is 11.6 Å². The van der Waals surface area contributed by atoms with Gasteiger partial charge in [0.1, 0.15) is 17.2 Å². The molecule has 0 spiro atoms. The first-order valence-corrected chi connectivity index (χ1v) is 6.48. The molecule has 0 aliphatic heterocycles. The number of hydrogen-bond acceptors (Lipinski definition) is 6. The standard InChI is InChI=1S/C12H16ClN5O2/c1-4-14-7-12-15-16-17-18(12)9-5-8(13)10(19-2)6-11(9)20-3/h5-6,14H,4,7H2,1-3H3. The molecule has 0 atom stereocenters. The molecule has 0 bridgehead atoms. The van der Waals surface area contributed by atoms with Gasteiger partial charge in [0.2, 0.25) is 0 Å². The van der Waals surface area contributed by atoms with E-state index < -0.39 is 0 Å². The molecule has 0 amide bonds. The number of hydrogen-bond donors (Lipinski definition) is 1. The van der Waals surface area contributed by atoms with Gasteiger partial charge in [0.05, 0.1) is 25.8 Å². The van der Waals surface area contributed by atoms with Crippen LogP contribution in [0.2, 0.25) is 5.02 Å². The molecule has 1 aromatic heterocycles. The van der Waals surface area contributed by atoms with Gasteiger partial charge < -0.3 is 14.8 Å². The number of ether oxygens (including phenoxy) is 2. The van der Waals surface area contributed by atoms with Gasteiger partial charge in [0.15, 0.2) is 5.82 Å². The summed E-state index contributed by atoms with van der Waals surface area (Å²) in [6.45, 7) is 3.39. The summed E-state index contributed by atoms with van der Waals surface area (Å²) in [4.78, 5) is 0. The summed E-state index contributed by atoms with van der Waals surface area (Å²) in [5.74, 6) is 1.79. The van der Waals surface area contributed by atoms with Crippen LogP contribution in [0, 0.1) is 0 Å². The smallest absolute Gasteiger partial charge is 0.170 e. The Kier molecular flexibility index (Phi) is 4.75. The van der Waals surface area contributed by atoms with Crippen LogP contribution in [0.15, 0.2) is 12.1 Å². The van der Waals surface area contributed by atoms with Crippen molar-refractivity contribution in [3.8, 4) is 17.2 Å². The largest absolute Gasteiger partial charge is 0.495 e. The van der Waals surface area contributed by atoms with Gasteiger partial charge in [-0.2, -0.15) is 4.68 Å². The third kappa shape index (κ3) is 2.83. The zero-order valence-electron chi connectivity index (χ0n) is 11.6. The fourth-order valence-electron chi connectivity index (χ4n) is 1.75. The fourth-order valence-corrected chi connectivity index (χ4v) is 1.98. The van der Waals surface area contributed by atoms with E-state index in [9.17, 15) is 0 Å². The highest BCUT2D eigenvalue weighted by molar-refractivity contribution is 6.32. The summed E-state index contributed by atoms with van der Waals surface area (Å²) in [6, 6.07) is 3.42. The summed E-state index contributed by atoms with van der Waals surface area (Å²) < 4.78 is 12.1. The molecule has 0 aliphatic carbocycles. The van der Waals surface area contributed by atoms with E-state index >= 15 is 0 Å². The van der Waals surface area contributed by atoms with Gasteiger partial charge in [0, 0.05) is 6.07 Å². The zero-order valence-corrected chi connectivity index (χ0v) is 12.3. The van der Waals surface area contributed by atoms with E-state index in [1.165, 1.54) is 0 Å². The number of methoxy groups -OCH3 is 2. The van der Waals surface area contributed by atoms with Crippen molar-refractivity contribution in [3.63, 3.8) is 0 Å². The summed E-state index contributed by atoms with van der Waals surface area (Å²) >= 11 is 6.15. The maximum absolute atomic E-state index is 6.15. The van der Waals surface area contributed by atoms with Crippen molar-refractivity contribution in [1.29, 1.82) is 0 Å². The zero-order chi connectivity index (χ0) is 14.5. The molecule has 8 heteroatoms. The number of aromatic nitrogens is 4. The van der Waals surface area contributed by atoms with E-state index in [0.29, 0.717) is 34.6 Å². The van der Waals surface area contributed by atoms with Gasteiger partial charge >= 0.3 is 0 Å². The van der Waals surface area contributed by atoms with Crippen LogP contribution in [0.3, 0.4) is 0 Å². The summed E-state index contributed by atoms with van der Waals surface area (Å²) in [5, 5.41) is 15.3. The second-order valence-corrected chi connectivity index (χ2v) is 4.35. The third-order valence-corrected chi connectivity index (χ3v) is 3.04. The van der Waals surface area contributed by atoms with E-state index in [1.54, 1.807) is 31.0 Å². The maximum atomic E-state index is 6.15. The number of nitrogens with one attached hydrogen (secondary N) is 1. The number of tetrazole rings is 1. The van der Waals surface area contributed by atoms with Crippen LogP contribution in [0.25, 0.3) is 5.69 Å². The highest BCUT2D eigenvalue weighted by Gasteiger charge is 2.16. The van der Waals surface area contributed by atoms with Crippen molar-refractivity contribution in [2.24, 2.45) is 0 Å². The molecule has 7 nitrogen and oxygen atoms in total. The molecule has 0 unspecified atom stereocenters. The first-order chi connectivity index (χ1) is 9.71. The number of rotatable bonds is 6. The minimum absolute atomic E-state index is 0.466. The molecule has 1 aromatic carbocycles. The van der Waals surface area contributed by atoms with E-state index in [1.807, 2.05) is 6.92 Å². The molecule has 0 fully saturated rings. The van der Waals surface area contributed by atoms with Crippen LogP contribution in [-0.2, 0) is 6.54 Å². The Morgan fingerprint density at radius 1 is 1.25 bits per heavy atom. The molecule has 2 rings (SSSR count). The molecule has 0 saturated carbocycles. The van der Waals surface area contributed by atoms with Crippen LogP contribution in [0.4, 0.5) is 0 Å². The molecule has 0 aliphatic rings. The van der Waals surface area contributed by atoms with Crippen LogP contribution in [0.1, 0.15) is 12.7 Å². The van der Waals surface area contributed by atoms with Gasteiger partial charge in [0.25, 0.3) is 0 Å². The van der Waals surface area contributed by atoms with Crippen molar-refractivity contribution in [2.75, 3.05) is 20.8 Å². The van der Waals surface area contributed by atoms with Crippen molar-refractivity contribution in [2.45, 2.75) is 13.5 Å². The monoisotopic (exact) mass is 297 g/mol. The van der Waals surface area contributed by atoms with Gasteiger partial charge in [-0.1, -0.05) is 18.5 Å². The van der Waals surface area contributed by atoms with Crippen molar-refractivity contribution in [3.05, 3.63) is 23.0 Å². The topological polar surface area (TPSA) is 74.1 Å². The van der Waals surface area contributed by atoms with Crippen LogP contribution in [-0.4, -0.2) is 41.0 Å². The molecule has 1 heterocycles. The van der Waals surface area contributed by atoms with Gasteiger partial charge in [-0.3, -0.25) is 0 Å². The van der Waals surface area contributed by atoms with E-state index in [4.69, 9.17) is 21.1 Å². The van der Waals surface area contributed by atoms with Gasteiger partial charge in [-0.15, -0.1) is 5.10 Å². The number of benzene rings is 1. The molecule has 20 heavy (non-hydrogen) atoms. The third-order valence-electron chi connectivity index (χ3n) is 2.75. The van der Waals surface area contributed by atoms with Crippen LogP contribution < -0.4 is 14.8 Å². The van der Waals surface area contributed by atoms with Crippen LogP contribution >= 0.6 is 11.6 Å². The summed E-state index contributed by atoms with van der Waals surface area (Å²) in [6.07, 6.45) is 0. The van der Waals surface area contributed by atoms with E-state index in [-0.39, 0.29) is 0 Å². The maximum Gasteiger partial charge on any atom is 0.170 e. The lowest BCUT2D eigenvalue weighted by molar-refractivity contribution is 0.392. The normalized spacial score (nSPS) is 10.6. The Bertz CT molecular complexity index is 587. The summed E-state index contributed by atoms with van der Waals surface area (Å²) in [5.41, 5.74) is 0.663. The molecule has 108 valence electrons. The SMILES string of the molecule is CCNCc1nnnn1-c1cc(Cl)c(OC)cc1OC. The summed E-state index contributed by atoms with van der Waals surface area (Å²) in [7, 11) is 3.12. The van der Waals surface area contributed by atoms with E-state index in [0.717, 1.165) is 6.54 Å².